The van der Waals surface area contributed by atoms with Crippen LogP contribution in [0.1, 0.15) is 12.5 Å². The number of carbonyl (C=O) groups is 2. The smallest absolute Gasteiger partial charge is 0.282 e. The summed E-state index contributed by atoms with van der Waals surface area (Å²) >= 11 is 2.18. The van der Waals surface area contributed by atoms with E-state index in [1.165, 1.54) is 5.01 Å². The van der Waals surface area contributed by atoms with Gasteiger partial charge in [-0.15, -0.1) is 0 Å². The van der Waals surface area contributed by atoms with E-state index < -0.39 is 5.91 Å². The SMILES string of the molecule is CCOc1ccc(C=C2C(=O)NN(c3ccc(I)cc3)C2=O)cc1. The molecule has 3 rings (SSSR count). The minimum absolute atomic E-state index is 0.109. The van der Waals surface area contributed by atoms with Gasteiger partial charge < -0.3 is 4.74 Å². The van der Waals surface area contributed by atoms with Gasteiger partial charge in [0.2, 0.25) is 0 Å². The molecule has 1 heterocycles. The molecule has 0 saturated carbocycles. The van der Waals surface area contributed by atoms with Crippen molar-refractivity contribution in [2.24, 2.45) is 0 Å². The van der Waals surface area contributed by atoms with E-state index in [1.807, 2.05) is 43.3 Å². The van der Waals surface area contributed by atoms with Crippen LogP contribution in [0.25, 0.3) is 6.08 Å². The van der Waals surface area contributed by atoms with Gasteiger partial charge in [-0.25, -0.2) is 5.01 Å². The number of benzene rings is 2. The summed E-state index contributed by atoms with van der Waals surface area (Å²) in [4.78, 5) is 24.7. The third-order valence-corrected chi connectivity index (χ3v) is 4.20. The van der Waals surface area contributed by atoms with E-state index in [9.17, 15) is 9.59 Å². The van der Waals surface area contributed by atoms with E-state index in [4.69, 9.17) is 4.74 Å². The first-order chi connectivity index (χ1) is 11.6. The number of amides is 2. The highest BCUT2D eigenvalue weighted by molar-refractivity contribution is 14.1. The molecule has 2 aromatic rings. The molecule has 1 aliphatic rings. The van der Waals surface area contributed by atoms with Crippen LogP contribution in [0.2, 0.25) is 0 Å². The highest BCUT2D eigenvalue weighted by atomic mass is 127. The van der Waals surface area contributed by atoms with Crippen molar-refractivity contribution in [1.82, 2.24) is 5.43 Å². The Morgan fingerprint density at radius 3 is 2.38 bits per heavy atom. The second kappa shape index (κ2) is 7.04. The molecule has 1 saturated heterocycles. The summed E-state index contributed by atoms with van der Waals surface area (Å²) in [7, 11) is 0. The number of ether oxygens (including phenoxy) is 1. The third kappa shape index (κ3) is 3.43. The van der Waals surface area contributed by atoms with Crippen LogP contribution in [0, 0.1) is 3.57 Å². The van der Waals surface area contributed by atoms with Gasteiger partial charge in [0.25, 0.3) is 11.8 Å². The standard InChI is InChI=1S/C18H15IN2O3/c1-2-24-15-9-3-12(4-10-15)11-16-17(22)20-21(18(16)23)14-7-5-13(19)6-8-14/h3-11H,2H2,1H3,(H,20,22). The van der Waals surface area contributed by atoms with Gasteiger partial charge in [0.15, 0.2) is 0 Å². The van der Waals surface area contributed by atoms with Crippen LogP contribution >= 0.6 is 22.6 Å². The zero-order valence-electron chi connectivity index (χ0n) is 13.0. The van der Waals surface area contributed by atoms with Crippen molar-refractivity contribution in [3.8, 4) is 5.75 Å². The molecule has 1 fully saturated rings. The number of anilines is 1. The summed E-state index contributed by atoms with van der Waals surface area (Å²) in [5, 5.41) is 1.26. The van der Waals surface area contributed by atoms with E-state index in [0.29, 0.717) is 12.3 Å². The van der Waals surface area contributed by atoms with Crippen molar-refractivity contribution in [3.63, 3.8) is 0 Å². The Kier molecular flexibility index (Phi) is 4.84. The first kappa shape index (κ1) is 16.5. The topological polar surface area (TPSA) is 58.6 Å². The molecule has 0 spiro atoms. The number of nitrogens with zero attached hydrogens (tertiary/aromatic N) is 1. The van der Waals surface area contributed by atoms with Crippen LogP contribution in [0.3, 0.4) is 0 Å². The van der Waals surface area contributed by atoms with Crippen LogP contribution < -0.4 is 15.2 Å². The van der Waals surface area contributed by atoms with Gasteiger partial charge >= 0.3 is 0 Å². The van der Waals surface area contributed by atoms with Gasteiger partial charge in [-0.2, -0.15) is 0 Å². The summed E-state index contributed by atoms with van der Waals surface area (Å²) in [6, 6.07) is 14.6. The Bertz CT molecular complexity index is 798. The first-order valence-electron chi connectivity index (χ1n) is 7.44. The number of hydrogen-bond donors (Lipinski definition) is 1. The van der Waals surface area contributed by atoms with Gasteiger partial charge in [-0.1, -0.05) is 12.1 Å². The average molecular weight is 434 g/mol. The molecule has 0 aromatic heterocycles. The van der Waals surface area contributed by atoms with Gasteiger partial charge in [0.05, 0.1) is 12.3 Å². The molecule has 1 aliphatic heterocycles. The van der Waals surface area contributed by atoms with E-state index in [0.717, 1.165) is 14.9 Å². The Morgan fingerprint density at radius 2 is 1.75 bits per heavy atom. The van der Waals surface area contributed by atoms with Crippen molar-refractivity contribution in [2.45, 2.75) is 6.92 Å². The molecule has 0 unspecified atom stereocenters. The monoisotopic (exact) mass is 434 g/mol. The van der Waals surface area contributed by atoms with Gasteiger partial charge in [-0.05, 0) is 77.6 Å². The normalized spacial score (nSPS) is 15.8. The number of carbonyl (C=O) groups excluding carboxylic acids is 2. The fraction of sp³-hybridized carbons (Fsp3) is 0.111. The van der Waals surface area contributed by atoms with E-state index >= 15 is 0 Å². The first-order valence-corrected chi connectivity index (χ1v) is 8.52. The van der Waals surface area contributed by atoms with E-state index in [1.54, 1.807) is 18.2 Å². The summed E-state index contributed by atoms with van der Waals surface area (Å²) in [6.07, 6.45) is 1.58. The zero-order chi connectivity index (χ0) is 17.1. The van der Waals surface area contributed by atoms with Crippen LogP contribution in [0.15, 0.2) is 54.1 Å². The molecule has 6 heteroatoms. The lowest BCUT2D eigenvalue weighted by molar-refractivity contribution is -0.117. The number of hydrazine groups is 1. The minimum Gasteiger partial charge on any atom is -0.494 e. The fourth-order valence-corrected chi connectivity index (χ4v) is 2.68. The molecule has 1 N–H and O–H groups in total. The Labute approximate surface area is 153 Å². The highest BCUT2D eigenvalue weighted by Crippen LogP contribution is 2.23. The van der Waals surface area contributed by atoms with Crippen molar-refractivity contribution in [1.29, 1.82) is 0 Å². The maximum absolute atomic E-state index is 12.5. The van der Waals surface area contributed by atoms with Gasteiger partial charge in [0.1, 0.15) is 11.3 Å². The highest BCUT2D eigenvalue weighted by Gasteiger charge is 2.34. The summed E-state index contributed by atoms with van der Waals surface area (Å²) < 4.78 is 6.44. The summed E-state index contributed by atoms with van der Waals surface area (Å²) in [6.45, 7) is 2.50. The van der Waals surface area contributed by atoms with Crippen molar-refractivity contribution in [3.05, 3.63) is 63.2 Å². The Balaban J connectivity index is 1.84. The number of rotatable bonds is 4. The third-order valence-electron chi connectivity index (χ3n) is 3.48. The average Bonchev–Trinajstić information content (AvgIpc) is 2.86. The quantitative estimate of drug-likeness (QED) is 0.457. The number of nitrogens with one attached hydrogen (secondary N) is 1. The summed E-state index contributed by atoms with van der Waals surface area (Å²) in [5.74, 6) is -0.0232. The van der Waals surface area contributed by atoms with E-state index in [2.05, 4.69) is 28.0 Å². The van der Waals surface area contributed by atoms with Crippen LogP contribution in [0.5, 0.6) is 5.75 Å². The molecule has 24 heavy (non-hydrogen) atoms. The Hall–Kier alpha value is -2.35. The summed E-state index contributed by atoms with van der Waals surface area (Å²) in [5.41, 5.74) is 4.09. The maximum Gasteiger partial charge on any atom is 0.282 e. The molecule has 0 atom stereocenters. The Morgan fingerprint density at radius 1 is 1.08 bits per heavy atom. The molecule has 2 aromatic carbocycles. The fourth-order valence-electron chi connectivity index (χ4n) is 2.32. The number of halogens is 1. The molecule has 0 bridgehead atoms. The predicted molar refractivity (Wildman–Crippen MR) is 100 cm³/mol. The van der Waals surface area contributed by atoms with Gasteiger partial charge in [0, 0.05) is 3.57 Å². The van der Waals surface area contributed by atoms with Crippen LogP contribution in [-0.4, -0.2) is 18.4 Å². The van der Waals surface area contributed by atoms with Crippen LogP contribution in [0.4, 0.5) is 5.69 Å². The molecule has 0 aliphatic carbocycles. The zero-order valence-corrected chi connectivity index (χ0v) is 15.1. The maximum atomic E-state index is 12.5. The lowest BCUT2D eigenvalue weighted by Crippen LogP contribution is -2.35. The van der Waals surface area contributed by atoms with Crippen molar-refractivity contribution >= 4 is 46.2 Å². The van der Waals surface area contributed by atoms with Crippen molar-refractivity contribution in [2.75, 3.05) is 11.6 Å². The lowest BCUT2D eigenvalue weighted by atomic mass is 10.1. The molecule has 122 valence electrons. The van der Waals surface area contributed by atoms with E-state index in [-0.39, 0.29) is 11.5 Å². The molecule has 5 nitrogen and oxygen atoms in total. The number of hydrogen-bond acceptors (Lipinski definition) is 3. The van der Waals surface area contributed by atoms with Crippen LogP contribution in [-0.2, 0) is 9.59 Å². The predicted octanol–water partition coefficient (Wildman–Crippen LogP) is 3.15. The second-order valence-corrected chi connectivity index (χ2v) is 6.36. The second-order valence-electron chi connectivity index (χ2n) is 5.12. The van der Waals surface area contributed by atoms with Gasteiger partial charge in [-0.3, -0.25) is 15.0 Å². The molecular formula is C18H15IN2O3. The molecule has 0 radical (unpaired) electrons. The molecule has 2 amide bonds. The minimum atomic E-state index is -0.410. The molecular weight excluding hydrogens is 419 g/mol. The van der Waals surface area contributed by atoms with Crippen molar-refractivity contribution < 1.29 is 14.3 Å². The largest absolute Gasteiger partial charge is 0.494 e. The lowest BCUT2D eigenvalue weighted by Gasteiger charge is -2.14.